The molecule has 3 aliphatic rings. The molecule has 2 saturated heterocycles. The van der Waals surface area contributed by atoms with Gasteiger partial charge in [0.2, 0.25) is 5.91 Å². The first-order chi connectivity index (χ1) is 16.9. The monoisotopic (exact) mass is 476 g/mol. The lowest BCUT2D eigenvalue weighted by Crippen LogP contribution is -2.38. The molecule has 2 amide bonds. The Hall–Kier alpha value is -3.35. The van der Waals surface area contributed by atoms with Gasteiger partial charge < -0.3 is 20.1 Å². The lowest BCUT2D eigenvalue weighted by molar-refractivity contribution is -0.143. The minimum atomic E-state index is -0.796. The Morgan fingerprint density at radius 3 is 2.34 bits per heavy atom. The summed E-state index contributed by atoms with van der Waals surface area (Å²) in [5.74, 6) is -1.06. The highest BCUT2D eigenvalue weighted by Gasteiger charge is 2.50. The largest absolute Gasteiger partial charge is 0.481 e. The molecule has 0 spiro atoms. The third-order valence-corrected chi connectivity index (χ3v) is 7.93. The Kier molecular flexibility index (Phi) is 6.50. The van der Waals surface area contributed by atoms with Gasteiger partial charge in [0.25, 0.3) is 0 Å². The molecular formula is C28H32N2O5. The molecule has 7 nitrogen and oxygen atoms in total. The minimum absolute atomic E-state index is 0.0219. The molecule has 35 heavy (non-hydrogen) atoms. The number of ether oxygens (including phenoxy) is 1. The maximum absolute atomic E-state index is 12.8. The van der Waals surface area contributed by atoms with Crippen LogP contribution in [0, 0.1) is 11.8 Å². The number of carboxylic acids is 1. The van der Waals surface area contributed by atoms with Crippen LogP contribution in [0.4, 0.5) is 4.79 Å². The first-order valence-electron chi connectivity index (χ1n) is 12.6. The number of rotatable bonds is 8. The van der Waals surface area contributed by atoms with Crippen molar-refractivity contribution in [3.63, 3.8) is 0 Å². The second-order valence-electron chi connectivity index (χ2n) is 10.1. The van der Waals surface area contributed by atoms with Crippen LogP contribution in [0.15, 0.2) is 48.5 Å². The second-order valence-corrected chi connectivity index (χ2v) is 10.1. The van der Waals surface area contributed by atoms with Crippen LogP contribution >= 0.6 is 0 Å². The number of nitrogens with zero attached hydrogens (tertiary/aromatic N) is 1. The molecule has 2 fully saturated rings. The molecule has 184 valence electrons. The lowest BCUT2D eigenvalue weighted by atomic mass is 9.89. The maximum Gasteiger partial charge on any atom is 0.407 e. The molecule has 2 heterocycles. The van der Waals surface area contributed by atoms with E-state index >= 15 is 0 Å². The van der Waals surface area contributed by atoms with E-state index in [9.17, 15) is 19.5 Å². The van der Waals surface area contributed by atoms with Crippen molar-refractivity contribution < 1.29 is 24.2 Å². The fourth-order valence-corrected chi connectivity index (χ4v) is 6.15. The molecule has 5 rings (SSSR count). The van der Waals surface area contributed by atoms with E-state index in [-0.39, 0.29) is 36.4 Å². The first-order valence-corrected chi connectivity index (χ1v) is 12.6. The molecule has 4 atom stereocenters. The summed E-state index contributed by atoms with van der Waals surface area (Å²) in [7, 11) is 0. The van der Waals surface area contributed by atoms with E-state index in [0.717, 1.165) is 12.8 Å². The van der Waals surface area contributed by atoms with Gasteiger partial charge in [-0.25, -0.2) is 4.79 Å². The summed E-state index contributed by atoms with van der Waals surface area (Å²) in [6, 6.07) is 16.4. The van der Waals surface area contributed by atoms with E-state index in [4.69, 9.17) is 4.74 Å². The van der Waals surface area contributed by atoms with Crippen molar-refractivity contribution in [2.75, 3.05) is 13.2 Å². The number of aliphatic carboxylic acids is 1. The van der Waals surface area contributed by atoms with Gasteiger partial charge in [-0.1, -0.05) is 55.5 Å². The van der Waals surface area contributed by atoms with Gasteiger partial charge >= 0.3 is 12.1 Å². The van der Waals surface area contributed by atoms with Gasteiger partial charge in [0.15, 0.2) is 0 Å². The predicted molar refractivity (Wildman–Crippen MR) is 131 cm³/mol. The quantitative estimate of drug-likeness (QED) is 0.589. The Morgan fingerprint density at radius 1 is 1.06 bits per heavy atom. The normalized spacial score (nSPS) is 23.0. The summed E-state index contributed by atoms with van der Waals surface area (Å²) < 4.78 is 5.59. The molecule has 2 aromatic rings. The Bertz CT molecular complexity index is 1090. The summed E-state index contributed by atoms with van der Waals surface area (Å²) in [5, 5.41) is 12.2. The predicted octanol–water partition coefficient (Wildman–Crippen LogP) is 4.41. The van der Waals surface area contributed by atoms with Gasteiger partial charge in [-0.3, -0.25) is 9.59 Å². The molecule has 0 aromatic heterocycles. The fourth-order valence-electron chi connectivity index (χ4n) is 6.15. The van der Waals surface area contributed by atoms with Crippen LogP contribution in [-0.2, 0) is 14.3 Å². The van der Waals surface area contributed by atoms with Crippen LogP contribution in [0.3, 0.4) is 0 Å². The van der Waals surface area contributed by atoms with Gasteiger partial charge in [0, 0.05) is 31.0 Å². The number of alkyl carbamates (subject to hydrolysis) is 1. The summed E-state index contributed by atoms with van der Waals surface area (Å²) >= 11 is 0. The zero-order chi connectivity index (χ0) is 24.5. The lowest BCUT2D eigenvalue weighted by Gasteiger charge is -2.24. The van der Waals surface area contributed by atoms with Gasteiger partial charge in [0.1, 0.15) is 6.61 Å². The number of amides is 2. The highest BCUT2D eigenvalue weighted by molar-refractivity contribution is 5.81. The van der Waals surface area contributed by atoms with Crippen molar-refractivity contribution >= 4 is 18.0 Å². The average Bonchev–Trinajstić information content (AvgIpc) is 3.54. The second kappa shape index (κ2) is 9.72. The first kappa shape index (κ1) is 23.4. The van der Waals surface area contributed by atoms with E-state index in [0.29, 0.717) is 25.8 Å². The molecule has 1 unspecified atom stereocenters. The number of hydrogen-bond acceptors (Lipinski definition) is 4. The van der Waals surface area contributed by atoms with E-state index in [1.165, 1.54) is 22.3 Å². The molecule has 7 heteroatoms. The highest BCUT2D eigenvalue weighted by Crippen LogP contribution is 2.44. The zero-order valence-corrected chi connectivity index (χ0v) is 20.0. The SMILES string of the molecule is CC(CCC(=O)N1[C@@H]2CC[C@H]1[C@@H](C(=O)O)C2)CNC(=O)OCC1c2ccccc2-c2ccccc21. The van der Waals surface area contributed by atoms with Gasteiger partial charge in [-0.05, 0) is 53.9 Å². The average molecular weight is 477 g/mol. The van der Waals surface area contributed by atoms with Crippen molar-refractivity contribution in [2.24, 2.45) is 11.8 Å². The number of nitrogens with one attached hydrogen (secondary N) is 1. The number of carboxylic acid groups (broad SMARTS) is 1. The van der Waals surface area contributed by atoms with Crippen molar-refractivity contribution in [1.29, 1.82) is 0 Å². The summed E-state index contributed by atoms with van der Waals surface area (Å²) in [4.78, 5) is 38.5. The van der Waals surface area contributed by atoms with Crippen LogP contribution < -0.4 is 5.32 Å². The minimum Gasteiger partial charge on any atom is -0.481 e. The molecule has 1 aliphatic carbocycles. The Balaban J connectivity index is 1.07. The number of benzene rings is 2. The van der Waals surface area contributed by atoms with Crippen molar-refractivity contribution in [3.8, 4) is 11.1 Å². The van der Waals surface area contributed by atoms with Gasteiger partial charge in [-0.15, -0.1) is 0 Å². The topological polar surface area (TPSA) is 95.9 Å². The molecule has 0 saturated carbocycles. The van der Waals surface area contributed by atoms with Crippen LogP contribution in [-0.4, -0.2) is 53.2 Å². The standard InChI is InChI=1S/C28H32N2O5/c1-17(10-13-26(31)30-18-11-12-25(30)23(14-18)27(32)33)15-29-28(34)35-16-24-21-8-4-2-6-19(21)20-7-3-5-9-22(20)24/h2-9,17-18,23-25H,10-16H2,1H3,(H,29,34)(H,32,33)/t17?,18-,23+,25+/m1/s1. The molecule has 2 bridgehead atoms. The van der Waals surface area contributed by atoms with E-state index in [2.05, 4.69) is 29.6 Å². The van der Waals surface area contributed by atoms with Gasteiger partial charge in [0.05, 0.1) is 5.92 Å². The number of fused-ring (bicyclic) bond motifs is 5. The molecular weight excluding hydrogens is 444 g/mol. The van der Waals surface area contributed by atoms with E-state index in [1.54, 1.807) is 0 Å². The van der Waals surface area contributed by atoms with E-state index < -0.39 is 18.0 Å². The third-order valence-electron chi connectivity index (χ3n) is 7.93. The van der Waals surface area contributed by atoms with Gasteiger partial charge in [-0.2, -0.15) is 0 Å². The van der Waals surface area contributed by atoms with Crippen LogP contribution in [0.1, 0.15) is 56.1 Å². The third kappa shape index (κ3) is 4.51. The Morgan fingerprint density at radius 2 is 1.71 bits per heavy atom. The van der Waals surface area contributed by atoms with Crippen molar-refractivity contribution in [2.45, 2.75) is 57.0 Å². The summed E-state index contributed by atoms with van der Waals surface area (Å²) in [5.41, 5.74) is 4.73. The van der Waals surface area contributed by atoms with Crippen LogP contribution in [0.25, 0.3) is 11.1 Å². The zero-order valence-electron chi connectivity index (χ0n) is 20.0. The Labute approximate surface area is 205 Å². The molecule has 0 radical (unpaired) electrons. The van der Waals surface area contributed by atoms with Crippen molar-refractivity contribution in [3.05, 3.63) is 59.7 Å². The number of carbonyl (C=O) groups is 3. The van der Waals surface area contributed by atoms with Crippen LogP contribution in [0.5, 0.6) is 0 Å². The summed E-state index contributed by atoms with van der Waals surface area (Å²) in [6.07, 6.45) is 2.81. The molecule has 2 aromatic carbocycles. The number of hydrogen-bond donors (Lipinski definition) is 2. The van der Waals surface area contributed by atoms with E-state index in [1.807, 2.05) is 36.1 Å². The maximum atomic E-state index is 12.8. The smallest absolute Gasteiger partial charge is 0.407 e. The summed E-state index contributed by atoms with van der Waals surface area (Å²) in [6.45, 7) is 2.69. The van der Waals surface area contributed by atoms with Crippen LogP contribution in [0.2, 0.25) is 0 Å². The molecule has 2 aliphatic heterocycles. The van der Waals surface area contributed by atoms with Crippen molar-refractivity contribution in [1.82, 2.24) is 10.2 Å². The highest BCUT2D eigenvalue weighted by atomic mass is 16.5. The molecule has 2 N–H and O–H groups in total. The fraction of sp³-hybridized carbons (Fsp3) is 0.464. The number of carbonyl (C=O) groups excluding carboxylic acids is 2.